The minimum Gasteiger partial charge on any atom is -0.453 e. The molecule has 8 rings (SSSR count). The number of nitrogens with zero attached hydrogens (tertiary/aromatic N) is 4. The van der Waals surface area contributed by atoms with Crippen LogP contribution in [0.15, 0.2) is 103 Å². The number of likely N-dealkylation sites (tertiary alicyclic amines) is 2. The molecule has 2 fully saturated rings. The number of imidazole rings is 2. The number of aromatic amines is 2. The number of alkyl carbamates (subject to hydrolysis) is 2. The van der Waals surface area contributed by atoms with Crippen LogP contribution in [0.5, 0.6) is 0 Å². The van der Waals surface area contributed by atoms with E-state index in [0.29, 0.717) is 24.5 Å². The van der Waals surface area contributed by atoms with Gasteiger partial charge in [-0.15, -0.1) is 0 Å². The maximum absolute atomic E-state index is 13.9. The minimum absolute atomic E-state index is 0.125. The molecule has 14 heteroatoms. The van der Waals surface area contributed by atoms with Crippen LogP contribution in [0.25, 0.3) is 44.4 Å². The molecule has 4 amide bonds. The summed E-state index contributed by atoms with van der Waals surface area (Å²) in [5.41, 5.74) is 6.52. The summed E-state index contributed by atoms with van der Waals surface area (Å²) in [5, 5.41) is 7.36. The molecule has 4 heterocycles. The van der Waals surface area contributed by atoms with Crippen molar-refractivity contribution in [1.29, 1.82) is 0 Å². The monoisotopic (exact) mass is 780 g/mol. The van der Waals surface area contributed by atoms with Crippen LogP contribution in [0, 0.1) is 0 Å². The van der Waals surface area contributed by atoms with E-state index in [0.717, 1.165) is 75.9 Å². The topological polar surface area (TPSA) is 175 Å². The zero-order valence-corrected chi connectivity index (χ0v) is 32.2. The van der Waals surface area contributed by atoms with E-state index < -0.39 is 18.2 Å². The van der Waals surface area contributed by atoms with Gasteiger partial charge in [0.05, 0.1) is 50.1 Å². The Morgan fingerprint density at radius 3 is 1.90 bits per heavy atom. The van der Waals surface area contributed by atoms with Gasteiger partial charge in [0.2, 0.25) is 5.91 Å². The van der Waals surface area contributed by atoms with Gasteiger partial charge in [-0.1, -0.05) is 78.9 Å². The molecule has 4 N–H and O–H groups in total. The van der Waals surface area contributed by atoms with E-state index in [1.54, 1.807) is 16.0 Å². The van der Waals surface area contributed by atoms with Crippen LogP contribution >= 0.6 is 0 Å². The summed E-state index contributed by atoms with van der Waals surface area (Å²) in [4.78, 5) is 70.2. The number of carbonyl (C=O) groups excluding carboxylic acids is 4. The first-order chi connectivity index (χ1) is 28.3. The molecule has 4 aromatic carbocycles. The van der Waals surface area contributed by atoms with E-state index in [4.69, 9.17) is 9.72 Å². The third kappa shape index (κ3) is 7.85. The molecular weight excluding hydrogens is 737 g/mol. The van der Waals surface area contributed by atoms with Gasteiger partial charge in [0, 0.05) is 18.7 Å². The van der Waals surface area contributed by atoms with Gasteiger partial charge in [0.15, 0.2) is 0 Å². The number of carbonyl (C=O) groups is 4. The van der Waals surface area contributed by atoms with Crippen molar-refractivity contribution in [2.24, 2.45) is 0 Å². The molecule has 3 atom stereocenters. The van der Waals surface area contributed by atoms with Gasteiger partial charge in [0.1, 0.15) is 24.2 Å². The summed E-state index contributed by atoms with van der Waals surface area (Å²) >= 11 is 0. The van der Waals surface area contributed by atoms with Crippen LogP contribution in [0.3, 0.4) is 0 Å². The lowest BCUT2D eigenvalue weighted by atomic mass is 9.98. The summed E-state index contributed by atoms with van der Waals surface area (Å²) in [7, 11) is 2.55. The molecule has 2 aliphatic heterocycles. The number of H-pyrrole nitrogens is 2. The number of hydrogen-bond donors (Lipinski definition) is 4. The molecule has 0 radical (unpaired) electrons. The molecule has 58 heavy (non-hydrogen) atoms. The Morgan fingerprint density at radius 1 is 0.690 bits per heavy atom. The third-order valence-corrected chi connectivity index (χ3v) is 11.0. The third-order valence-electron chi connectivity index (χ3n) is 11.0. The Bertz CT molecular complexity index is 2450. The number of methoxy groups -OCH3 is 2. The number of ether oxygens (including phenoxy) is 2. The SMILES string of the molecule is COC(=O)NCC(=O)N1CCC[C@H]1c1ncc(-c2ccc(-c3ccc4cc(-c5cnc([C@@H]6CCCN6C(=O)C(NC(=O)OC)c6ccccc6)[nH]5)ccc4c3)cc2)[nH]1. The van der Waals surface area contributed by atoms with Gasteiger partial charge < -0.3 is 39.9 Å². The fraction of sp³-hybridized carbons (Fsp3) is 0.273. The molecule has 296 valence electrons. The van der Waals surface area contributed by atoms with Gasteiger partial charge in [-0.3, -0.25) is 9.59 Å². The predicted octanol–water partition coefficient (Wildman–Crippen LogP) is 7.07. The highest BCUT2D eigenvalue weighted by molar-refractivity contribution is 5.91. The van der Waals surface area contributed by atoms with Gasteiger partial charge in [-0.05, 0) is 70.8 Å². The summed E-state index contributed by atoms with van der Waals surface area (Å²) in [6, 6.07) is 28.9. The number of benzene rings is 4. The summed E-state index contributed by atoms with van der Waals surface area (Å²) < 4.78 is 9.42. The molecule has 6 aromatic rings. The highest BCUT2D eigenvalue weighted by Gasteiger charge is 2.37. The van der Waals surface area contributed by atoms with Gasteiger partial charge in [-0.25, -0.2) is 19.6 Å². The normalized spacial score (nSPS) is 16.9. The van der Waals surface area contributed by atoms with Crippen LogP contribution in [-0.4, -0.2) is 87.6 Å². The van der Waals surface area contributed by atoms with Crippen LogP contribution in [0.2, 0.25) is 0 Å². The zero-order chi connectivity index (χ0) is 40.2. The maximum Gasteiger partial charge on any atom is 0.407 e. The molecule has 0 spiro atoms. The number of amides is 4. The van der Waals surface area contributed by atoms with E-state index in [-0.39, 0.29) is 30.4 Å². The molecule has 2 aliphatic rings. The van der Waals surface area contributed by atoms with Crippen molar-refractivity contribution in [1.82, 2.24) is 40.4 Å². The van der Waals surface area contributed by atoms with E-state index in [2.05, 4.69) is 91.0 Å². The Morgan fingerprint density at radius 2 is 1.24 bits per heavy atom. The van der Waals surface area contributed by atoms with Crippen LogP contribution < -0.4 is 10.6 Å². The molecule has 14 nitrogen and oxygen atoms in total. The second-order valence-corrected chi connectivity index (χ2v) is 14.5. The number of rotatable bonds is 10. The number of hydrogen-bond acceptors (Lipinski definition) is 8. The smallest absolute Gasteiger partial charge is 0.407 e. The first-order valence-corrected chi connectivity index (χ1v) is 19.4. The second-order valence-electron chi connectivity index (χ2n) is 14.5. The van der Waals surface area contributed by atoms with Crippen LogP contribution in [-0.2, 0) is 19.1 Å². The highest BCUT2D eigenvalue weighted by Crippen LogP contribution is 2.36. The van der Waals surface area contributed by atoms with Crippen molar-refractivity contribution in [2.75, 3.05) is 33.9 Å². The van der Waals surface area contributed by atoms with Gasteiger partial charge in [0.25, 0.3) is 5.91 Å². The molecule has 2 aromatic heterocycles. The minimum atomic E-state index is -0.880. The zero-order valence-electron chi connectivity index (χ0n) is 32.2. The predicted molar refractivity (Wildman–Crippen MR) is 217 cm³/mol. The lowest BCUT2D eigenvalue weighted by molar-refractivity contribution is -0.134. The molecule has 0 bridgehead atoms. The standard InChI is InChI=1S/C44H44N8O6/c1-57-43(55)47-26-38(53)51-20-6-10-36(51)40-45-24-34(48-40)28-14-12-27(13-15-28)30-16-17-32-23-33(19-18-31(32)22-30)35-25-46-41(49-35)37-11-7-21-52(37)42(54)39(50-44(56)58-2)29-8-4-3-5-9-29/h3-5,8-9,12-19,22-25,36-37,39H,6-7,10-11,20-21,26H2,1-2H3,(H,45,48)(H,46,49)(H,47,55)(H,50,56)/t36-,37-,39?/m0/s1. The number of fused-ring (bicyclic) bond motifs is 1. The summed E-state index contributed by atoms with van der Waals surface area (Å²) in [5.74, 6) is 1.04. The lowest BCUT2D eigenvalue weighted by Crippen LogP contribution is -2.42. The van der Waals surface area contributed by atoms with Crippen LogP contribution in [0.1, 0.15) is 61.0 Å². The van der Waals surface area contributed by atoms with Crippen molar-refractivity contribution in [2.45, 2.75) is 43.8 Å². The Hall–Kier alpha value is -6.96. The molecular formula is C44H44N8O6. The first-order valence-electron chi connectivity index (χ1n) is 19.4. The average Bonchev–Trinajstić information content (AvgIpc) is 4.11. The average molecular weight is 781 g/mol. The van der Waals surface area contributed by atoms with E-state index in [1.807, 2.05) is 36.5 Å². The largest absolute Gasteiger partial charge is 0.453 e. The van der Waals surface area contributed by atoms with Crippen molar-refractivity contribution in [3.8, 4) is 33.6 Å². The number of nitrogens with one attached hydrogen (secondary N) is 4. The quantitative estimate of drug-likeness (QED) is 0.114. The van der Waals surface area contributed by atoms with E-state index in [9.17, 15) is 19.2 Å². The molecule has 0 aliphatic carbocycles. The second kappa shape index (κ2) is 16.6. The fourth-order valence-electron chi connectivity index (χ4n) is 8.00. The fourth-order valence-corrected chi connectivity index (χ4v) is 8.00. The molecule has 1 unspecified atom stereocenters. The van der Waals surface area contributed by atoms with Crippen molar-refractivity contribution < 1.29 is 28.7 Å². The Kier molecular flexibility index (Phi) is 10.9. The first kappa shape index (κ1) is 37.9. The number of aromatic nitrogens is 4. The summed E-state index contributed by atoms with van der Waals surface area (Å²) in [6.45, 7) is 1.03. The summed E-state index contributed by atoms with van der Waals surface area (Å²) in [6.07, 6.45) is 5.52. The highest BCUT2D eigenvalue weighted by atomic mass is 16.5. The molecule has 0 saturated carbocycles. The van der Waals surface area contributed by atoms with Gasteiger partial charge in [-0.2, -0.15) is 0 Å². The van der Waals surface area contributed by atoms with Gasteiger partial charge >= 0.3 is 12.2 Å². The maximum atomic E-state index is 13.9. The van der Waals surface area contributed by atoms with Crippen LogP contribution in [0.4, 0.5) is 9.59 Å². The van der Waals surface area contributed by atoms with E-state index in [1.165, 1.54) is 14.2 Å². The lowest BCUT2D eigenvalue weighted by Gasteiger charge is -2.28. The Balaban J connectivity index is 0.941. The van der Waals surface area contributed by atoms with E-state index >= 15 is 0 Å². The van der Waals surface area contributed by atoms with Crippen molar-refractivity contribution in [3.05, 3.63) is 121 Å². The molecule has 2 saturated heterocycles. The Labute approximate surface area is 335 Å². The van der Waals surface area contributed by atoms with Crippen molar-refractivity contribution >= 4 is 34.8 Å². The van der Waals surface area contributed by atoms with Crippen molar-refractivity contribution in [3.63, 3.8) is 0 Å².